The van der Waals surface area contributed by atoms with Gasteiger partial charge in [0.25, 0.3) is 0 Å². The van der Waals surface area contributed by atoms with Gasteiger partial charge in [0, 0.05) is 11.6 Å². The smallest absolute Gasteiger partial charge is 0.183 e. The molecule has 10 N–H and O–H groups in total. The summed E-state index contributed by atoms with van der Waals surface area (Å²) >= 11 is 4.03. The molecule has 3 heterocycles. The number of aliphatic hydroxyl groups is 3. The molecule has 0 bridgehead atoms. The molecule has 31 heavy (non-hydrogen) atoms. The summed E-state index contributed by atoms with van der Waals surface area (Å²) in [4.78, 5) is 17.1. The SMILES string of the molecule is CC(=N)C1CCSCC1.Cl.N.O.O=C(CO)CO.OCc1cnc(C2CCSCC2)[nH]1. The molecule has 2 fully saturated rings. The maximum Gasteiger partial charge on any atom is 0.183 e. The van der Waals surface area contributed by atoms with Crippen LogP contribution in [0.15, 0.2) is 6.20 Å². The highest BCUT2D eigenvalue weighted by Gasteiger charge is 2.18. The van der Waals surface area contributed by atoms with Crippen LogP contribution in [-0.4, -0.2) is 78.5 Å². The highest BCUT2D eigenvalue weighted by Crippen LogP contribution is 2.29. The number of nitrogens with zero attached hydrogens (tertiary/aromatic N) is 1. The fraction of sp³-hybridized carbons (Fsp3) is 0.737. The lowest BCUT2D eigenvalue weighted by Crippen LogP contribution is -2.16. The Balaban J connectivity index is -0.000000388. The summed E-state index contributed by atoms with van der Waals surface area (Å²) in [6, 6.07) is 0. The van der Waals surface area contributed by atoms with Crippen LogP contribution in [-0.2, 0) is 11.4 Å². The number of carbonyl (C=O) groups excluding carboxylic acids is 1. The van der Waals surface area contributed by atoms with Crippen LogP contribution < -0.4 is 6.15 Å². The zero-order valence-corrected chi connectivity index (χ0v) is 20.6. The standard InChI is InChI=1S/C9H14N2OS.C7H13NS.C3H6O3.ClH.H3N.H2O/c12-6-8-5-10-9(11-8)7-1-3-13-4-2-7;1-6(8)7-2-4-9-5-3-7;4-1-3(6)2-5;;;/h5,7,12H,1-4,6H2,(H,10,11);7-8H,2-5H2,1H3;4-5H,1-2H2;1H;1H3;1H2. The number of aromatic amines is 1. The van der Waals surface area contributed by atoms with Crippen LogP contribution in [0, 0.1) is 11.3 Å². The van der Waals surface area contributed by atoms with E-state index >= 15 is 0 Å². The minimum Gasteiger partial charge on any atom is -0.412 e. The number of rotatable bonds is 5. The van der Waals surface area contributed by atoms with Crippen molar-refractivity contribution in [3.05, 3.63) is 17.7 Å². The molecule has 2 aliphatic rings. The van der Waals surface area contributed by atoms with Crippen LogP contribution in [0.2, 0.25) is 0 Å². The molecule has 0 unspecified atom stereocenters. The number of aromatic nitrogens is 2. The van der Waals surface area contributed by atoms with Crippen molar-refractivity contribution in [2.45, 2.75) is 45.1 Å². The Labute approximate surface area is 199 Å². The number of nitrogens with one attached hydrogen (secondary N) is 2. The number of aliphatic hydroxyl groups excluding tert-OH is 3. The molecule has 0 saturated carbocycles. The van der Waals surface area contributed by atoms with E-state index in [9.17, 15) is 4.79 Å². The van der Waals surface area contributed by atoms with Gasteiger partial charge in [0.15, 0.2) is 5.78 Å². The average Bonchev–Trinajstić information content (AvgIpc) is 3.25. The highest BCUT2D eigenvalue weighted by atomic mass is 35.5. The first-order valence-corrected chi connectivity index (χ1v) is 11.9. The Hall–Kier alpha value is -0.660. The van der Waals surface area contributed by atoms with E-state index < -0.39 is 19.0 Å². The molecule has 2 aliphatic heterocycles. The summed E-state index contributed by atoms with van der Waals surface area (Å²) in [6.07, 6.45) is 6.63. The molecule has 0 radical (unpaired) electrons. The van der Waals surface area contributed by atoms with Crippen molar-refractivity contribution in [1.82, 2.24) is 16.1 Å². The lowest BCUT2D eigenvalue weighted by molar-refractivity contribution is -0.124. The van der Waals surface area contributed by atoms with Gasteiger partial charge in [-0.15, -0.1) is 12.4 Å². The number of carbonyl (C=O) groups is 1. The number of hydrogen-bond acceptors (Lipinski definition) is 9. The van der Waals surface area contributed by atoms with Crippen molar-refractivity contribution >= 4 is 47.4 Å². The molecule has 2 saturated heterocycles. The monoisotopic (exact) mass is 502 g/mol. The third kappa shape index (κ3) is 14.9. The first-order chi connectivity index (χ1) is 13.5. The van der Waals surface area contributed by atoms with Crippen LogP contribution >= 0.6 is 35.9 Å². The number of imidazole rings is 1. The number of thioether (sulfide) groups is 2. The lowest BCUT2D eigenvalue weighted by Gasteiger charge is -2.19. The Bertz CT molecular complexity index is 577. The molecule has 0 spiro atoms. The molecule has 12 heteroatoms. The van der Waals surface area contributed by atoms with Gasteiger partial charge < -0.3 is 37.3 Å². The molecule has 9 nitrogen and oxygen atoms in total. The number of halogens is 1. The first kappa shape index (κ1) is 34.9. The van der Waals surface area contributed by atoms with E-state index in [-0.39, 0.29) is 30.6 Å². The summed E-state index contributed by atoms with van der Waals surface area (Å²) in [5.41, 5.74) is 1.71. The van der Waals surface area contributed by atoms with Crippen molar-refractivity contribution in [3.63, 3.8) is 0 Å². The number of hydrogen-bond donors (Lipinski definition) is 6. The van der Waals surface area contributed by atoms with E-state index in [1.165, 1.54) is 48.7 Å². The van der Waals surface area contributed by atoms with Crippen molar-refractivity contribution in [2.24, 2.45) is 5.92 Å². The van der Waals surface area contributed by atoms with Gasteiger partial charge in [-0.2, -0.15) is 23.5 Å². The molecule has 184 valence electrons. The minimum atomic E-state index is -0.559. The summed E-state index contributed by atoms with van der Waals surface area (Å²) < 4.78 is 0. The van der Waals surface area contributed by atoms with E-state index in [4.69, 9.17) is 20.7 Å². The Kier molecular flexibility index (Phi) is 23.9. The van der Waals surface area contributed by atoms with Crippen LogP contribution in [0.3, 0.4) is 0 Å². The zero-order chi connectivity index (χ0) is 20.8. The van der Waals surface area contributed by atoms with Crippen LogP contribution in [0.25, 0.3) is 0 Å². The summed E-state index contributed by atoms with van der Waals surface area (Å²) in [5, 5.41) is 31.9. The number of Topliss-reactive ketones (excluding diaryl/α,β-unsaturated/α-hetero) is 1. The van der Waals surface area contributed by atoms with Gasteiger partial charge in [0.1, 0.15) is 19.0 Å². The van der Waals surface area contributed by atoms with Gasteiger partial charge in [-0.05, 0) is 61.5 Å². The normalized spacial score (nSPS) is 16.0. The molecular formula is C19H39ClN4O5S2. The Morgan fingerprint density at radius 3 is 1.90 bits per heavy atom. The number of ketones is 1. The average molecular weight is 503 g/mol. The predicted molar refractivity (Wildman–Crippen MR) is 132 cm³/mol. The van der Waals surface area contributed by atoms with Gasteiger partial charge in [-0.25, -0.2) is 4.98 Å². The van der Waals surface area contributed by atoms with Crippen molar-refractivity contribution < 1.29 is 25.6 Å². The van der Waals surface area contributed by atoms with Gasteiger partial charge in [-0.3, -0.25) is 4.79 Å². The molecule has 1 aromatic rings. The second-order valence-electron chi connectivity index (χ2n) is 6.76. The fourth-order valence-corrected chi connectivity index (χ4v) is 5.03. The molecule has 0 amide bonds. The summed E-state index contributed by atoms with van der Waals surface area (Å²) in [5.74, 6) is 6.72. The topological polar surface area (TPSA) is 197 Å². The third-order valence-electron chi connectivity index (χ3n) is 4.61. The quantitative estimate of drug-likeness (QED) is 0.328. The van der Waals surface area contributed by atoms with Crippen molar-refractivity contribution in [2.75, 3.05) is 36.2 Å². The van der Waals surface area contributed by atoms with Crippen molar-refractivity contribution in [3.8, 4) is 0 Å². The Morgan fingerprint density at radius 2 is 1.58 bits per heavy atom. The molecular weight excluding hydrogens is 464 g/mol. The van der Waals surface area contributed by atoms with Crippen molar-refractivity contribution in [1.29, 1.82) is 5.41 Å². The molecule has 0 atom stereocenters. The second-order valence-corrected chi connectivity index (χ2v) is 9.21. The van der Waals surface area contributed by atoms with Gasteiger partial charge in [0.05, 0.1) is 18.5 Å². The fourth-order valence-electron chi connectivity index (χ4n) is 2.82. The largest absolute Gasteiger partial charge is 0.412 e. The van der Waals surface area contributed by atoms with Gasteiger partial charge >= 0.3 is 0 Å². The second kappa shape index (κ2) is 21.2. The minimum absolute atomic E-state index is 0. The zero-order valence-electron chi connectivity index (χ0n) is 18.1. The molecule has 0 aliphatic carbocycles. The van der Waals surface area contributed by atoms with E-state index in [0.717, 1.165) is 17.2 Å². The molecule has 0 aromatic carbocycles. The third-order valence-corrected chi connectivity index (χ3v) is 6.71. The molecule has 3 rings (SSSR count). The summed E-state index contributed by atoms with van der Waals surface area (Å²) in [7, 11) is 0. The maximum atomic E-state index is 9.68. The van der Waals surface area contributed by atoms with E-state index in [1.54, 1.807) is 6.20 Å². The van der Waals surface area contributed by atoms with E-state index in [0.29, 0.717) is 11.8 Å². The van der Waals surface area contributed by atoms with Gasteiger partial charge in [-0.1, -0.05) is 0 Å². The van der Waals surface area contributed by atoms with Crippen LogP contribution in [0.4, 0.5) is 0 Å². The highest BCUT2D eigenvalue weighted by molar-refractivity contribution is 7.99. The van der Waals surface area contributed by atoms with Crippen LogP contribution in [0.1, 0.15) is 50.0 Å². The van der Waals surface area contributed by atoms with E-state index in [1.807, 2.05) is 30.4 Å². The molecule has 1 aromatic heterocycles. The summed E-state index contributed by atoms with van der Waals surface area (Å²) in [6.45, 7) is 0.877. The predicted octanol–water partition coefficient (Wildman–Crippen LogP) is 1.98. The van der Waals surface area contributed by atoms with E-state index in [2.05, 4.69) is 9.97 Å². The lowest BCUT2D eigenvalue weighted by atomic mass is 9.98. The maximum absolute atomic E-state index is 9.68. The Morgan fingerprint density at radius 1 is 1.10 bits per heavy atom. The van der Waals surface area contributed by atoms with Crippen LogP contribution in [0.5, 0.6) is 0 Å². The number of H-pyrrole nitrogens is 1. The van der Waals surface area contributed by atoms with Gasteiger partial charge in [0.2, 0.25) is 0 Å². The first-order valence-electron chi connectivity index (χ1n) is 9.60.